The molecule has 0 aliphatic carbocycles. The molecular formula is C26H16Cl3N3O3S. The van der Waals surface area contributed by atoms with Crippen molar-refractivity contribution in [3.63, 3.8) is 0 Å². The second-order valence-corrected chi connectivity index (χ2v) is 9.50. The molecule has 2 N–H and O–H groups in total. The largest absolute Gasteiger partial charge is 0.451 e. The van der Waals surface area contributed by atoms with Gasteiger partial charge in [-0.25, -0.2) is 4.98 Å². The van der Waals surface area contributed by atoms with E-state index in [2.05, 4.69) is 15.6 Å². The van der Waals surface area contributed by atoms with E-state index < -0.39 is 5.91 Å². The van der Waals surface area contributed by atoms with Crippen LogP contribution < -0.4 is 10.6 Å². The first-order valence-electron chi connectivity index (χ1n) is 10.6. The molecule has 0 atom stereocenters. The Kier molecular flexibility index (Phi) is 6.73. The number of aryl methyl sites for hydroxylation is 1. The van der Waals surface area contributed by atoms with E-state index in [1.807, 2.05) is 25.1 Å². The molecule has 0 radical (unpaired) electrons. The number of aromatic nitrogens is 1. The highest BCUT2D eigenvalue weighted by molar-refractivity contribution is 7.80. The second kappa shape index (κ2) is 9.95. The fourth-order valence-corrected chi connectivity index (χ4v) is 4.14. The molecule has 1 amide bonds. The van der Waals surface area contributed by atoms with Gasteiger partial charge in [-0.15, -0.1) is 0 Å². The number of carbonyl (C=O) groups is 1. The van der Waals surface area contributed by atoms with Crippen LogP contribution in [0.5, 0.6) is 0 Å². The molecule has 5 aromatic rings. The smallest absolute Gasteiger partial charge is 0.293 e. The third kappa shape index (κ3) is 5.10. The Labute approximate surface area is 226 Å². The van der Waals surface area contributed by atoms with Crippen molar-refractivity contribution in [2.45, 2.75) is 6.92 Å². The van der Waals surface area contributed by atoms with Gasteiger partial charge < -0.3 is 14.2 Å². The van der Waals surface area contributed by atoms with Gasteiger partial charge in [-0.05, 0) is 85.4 Å². The number of benzene rings is 3. The summed E-state index contributed by atoms with van der Waals surface area (Å²) in [6.07, 6.45) is 0. The molecule has 6 nitrogen and oxygen atoms in total. The van der Waals surface area contributed by atoms with Gasteiger partial charge in [0.1, 0.15) is 11.3 Å². The zero-order chi connectivity index (χ0) is 25.4. The maximum absolute atomic E-state index is 12.6. The molecule has 0 bridgehead atoms. The van der Waals surface area contributed by atoms with Gasteiger partial charge in [0, 0.05) is 21.8 Å². The van der Waals surface area contributed by atoms with E-state index in [1.165, 1.54) is 0 Å². The highest BCUT2D eigenvalue weighted by Crippen LogP contribution is 2.30. The van der Waals surface area contributed by atoms with Crippen LogP contribution in [-0.4, -0.2) is 16.0 Å². The van der Waals surface area contributed by atoms with E-state index >= 15 is 0 Å². The number of oxazole rings is 1. The SMILES string of the molecule is Cc1ccc(-c2nc3cc(NC(=S)NC(=O)c4ccc(-c5ccc(Cl)c(Cl)c5)o4)ccc3o2)cc1Cl. The number of fused-ring (bicyclic) bond motifs is 1. The molecule has 180 valence electrons. The number of halogens is 3. The summed E-state index contributed by atoms with van der Waals surface area (Å²) in [5.41, 5.74) is 4.30. The summed E-state index contributed by atoms with van der Waals surface area (Å²) < 4.78 is 11.5. The molecule has 10 heteroatoms. The topological polar surface area (TPSA) is 80.3 Å². The first kappa shape index (κ1) is 24.3. The third-order valence-electron chi connectivity index (χ3n) is 5.33. The average Bonchev–Trinajstić information content (AvgIpc) is 3.50. The van der Waals surface area contributed by atoms with Crippen molar-refractivity contribution in [2.24, 2.45) is 0 Å². The first-order valence-corrected chi connectivity index (χ1v) is 12.2. The standard InChI is InChI=1S/C26H16Cl3N3O3S/c1-13-2-3-15(11-18(13)28)25-31-20-12-16(5-7-22(20)35-25)30-26(36)32-24(33)23-9-8-21(34-23)14-4-6-17(27)19(29)10-14/h2-12H,1H3,(H2,30,32,33,36). The van der Waals surface area contributed by atoms with Crippen LogP contribution in [0.2, 0.25) is 15.1 Å². The van der Waals surface area contributed by atoms with Crippen molar-refractivity contribution in [2.75, 3.05) is 5.32 Å². The Morgan fingerprint density at radius 2 is 1.64 bits per heavy atom. The lowest BCUT2D eigenvalue weighted by Gasteiger charge is -2.08. The Hall–Kier alpha value is -3.36. The van der Waals surface area contributed by atoms with Crippen LogP contribution in [0.3, 0.4) is 0 Å². The van der Waals surface area contributed by atoms with Gasteiger partial charge in [0.2, 0.25) is 5.89 Å². The number of nitrogens with one attached hydrogen (secondary N) is 2. The van der Waals surface area contributed by atoms with Crippen LogP contribution in [0, 0.1) is 6.92 Å². The predicted molar refractivity (Wildman–Crippen MR) is 147 cm³/mol. The highest BCUT2D eigenvalue weighted by atomic mass is 35.5. The van der Waals surface area contributed by atoms with Crippen molar-refractivity contribution in [1.82, 2.24) is 10.3 Å². The Morgan fingerprint density at radius 1 is 0.861 bits per heavy atom. The number of hydrogen-bond acceptors (Lipinski definition) is 5. The van der Waals surface area contributed by atoms with Crippen molar-refractivity contribution >= 4 is 74.8 Å². The molecule has 0 aliphatic rings. The minimum absolute atomic E-state index is 0.0913. The van der Waals surface area contributed by atoms with Gasteiger partial charge in [0.25, 0.3) is 5.91 Å². The molecule has 0 saturated heterocycles. The number of furan rings is 1. The second-order valence-electron chi connectivity index (χ2n) is 7.87. The molecule has 0 spiro atoms. The first-order chi connectivity index (χ1) is 17.3. The van der Waals surface area contributed by atoms with Crippen LogP contribution in [0.1, 0.15) is 16.1 Å². The van der Waals surface area contributed by atoms with Crippen LogP contribution in [-0.2, 0) is 0 Å². The maximum atomic E-state index is 12.6. The van der Waals surface area contributed by atoms with Gasteiger partial charge in [-0.1, -0.05) is 40.9 Å². The highest BCUT2D eigenvalue weighted by Gasteiger charge is 2.15. The zero-order valence-corrected chi connectivity index (χ0v) is 21.6. The van der Waals surface area contributed by atoms with Gasteiger partial charge in [-0.3, -0.25) is 10.1 Å². The number of thiocarbonyl (C=S) groups is 1. The summed E-state index contributed by atoms with van der Waals surface area (Å²) >= 11 is 23.6. The average molecular weight is 557 g/mol. The number of nitrogens with zero attached hydrogens (tertiary/aromatic N) is 1. The fraction of sp³-hybridized carbons (Fsp3) is 0.0385. The lowest BCUT2D eigenvalue weighted by Crippen LogP contribution is -2.33. The van der Waals surface area contributed by atoms with E-state index in [0.717, 1.165) is 11.1 Å². The van der Waals surface area contributed by atoms with Crippen LogP contribution in [0.25, 0.3) is 33.9 Å². The summed E-state index contributed by atoms with van der Waals surface area (Å²) in [6, 6.07) is 19.2. The summed E-state index contributed by atoms with van der Waals surface area (Å²) in [7, 11) is 0. The molecule has 0 saturated carbocycles. The maximum Gasteiger partial charge on any atom is 0.293 e. The van der Waals surface area contributed by atoms with Gasteiger partial charge in [0.15, 0.2) is 16.5 Å². The summed E-state index contributed by atoms with van der Waals surface area (Å²) in [6.45, 7) is 1.93. The van der Waals surface area contributed by atoms with Gasteiger partial charge >= 0.3 is 0 Å². The predicted octanol–water partition coefficient (Wildman–Crippen LogP) is 8.15. The van der Waals surface area contributed by atoms with Crippen LogP contribution >= 0.6 is 47.0 Å². The van der Waals surface area contributed by atoms with E-state index in [9.17, 15) is 4.79 Å². The lowest BCUT2D eigenvalue weighted by atomic mass is 10.1. The van der Waals surface area contributed by atoms with E-state index in [4.69, 9.17) is 55.9 Å². The van der Waals surface area contributed by atoms with E-state index in [1.54, 1.807) is 48.5 Å². The minimum atomic E-state index is -0.500. The minimum Gasteiger partial charge on any atom is -0.451 e. The summed E-state index contributed by atoms with van der Waals surface area (Å²) in [4.78, 5) is 17.2. The number of rotatable bonds is 4. The van der Waals surface area contributed by atoms with Gasteiger partial charge in [-0.2, -0.15) is 0 Å². The molecule has 3 aromatic carbocycles. The van der Waals surface area contributed by atoms with E-state index in [0.29, 0.717) is 49.1 Å². The molecule has 0 aliphatic heterocycles. The zero-order valence-electron chi connectivity index (χ0n) is 18.6. The summed E-state index contributed by atoms with van der Waals surface area (Å²) in [5, 5.41) is 7.13. The normalized spacial score (nSPS) is 11.0. The Morgan fingerprint density at radius 3 is 2.42 bits per heavy atom. The molecule has 36 heavy (non-hydrogen) atoms. The van der Waals surface area contributed by atoms with E-state index in [-0.39, 0.29) is 10.9 Å². The number of carbonyl (C=O) groups excluding carboxylic acids is 1. The number of anilines is 1. The Balaban J connectivity index is 1.27. The third-order valence-corrected chi connectivity index (χ3v) is 6.68. The van der Waals surface area contributed by atoms with Crippen molar-refractivity contribution in [1.29, 1.82) is 0 Å². The summed E-state index contributed by atoms with van der Waals surface area (Å²) in [5.74, 6) is 0.517. The molecule has 2 heterocycles. The quantitative estimate of drug-likeness (QED) is 0.217. The van der Waals surface area contributed by atoms with Crippen molar-refractivity contribution < 1.29 is 13.6 Å². The Bertz CT molecular complexity index is 1640. The number of amides is 1. The molecular weight excluding hydrogens is 541 g/mol. The molecule has 0 fully saturated rings. The monoisotopic (exact) mass is 555 g/mol. The van der Waals surface area contributed by atoms with Crippen LogP contribution in [0.4, 0.5) is 5.69 Å². The lowest BCUT2D eigenvalue weighted by molar-refractivity contribution is 0.0951. The molecule has 2 aromatic heterocycles. The molecule has 5 rings (SSSR count). The van der Waals surface area contributed by atoms with Gasteiger partial charge in [0.05, 0.1) is 10.0 Å². The van der Waals surface area contributed by atoms with Crippen molar-refractivity contribution in [3.8, 4) is 22.8 Å². The van der Waals surface area contributed by atoms with Crippen LogP contribution in [0.15, 0.2) is 75.6 Å². The fourth-order valence-electron chi connectivity index (χ4n) is 3.45. The number of hydrogen-bond donors (Lipinski definition) is 2. The van der Waals surface area contributed by atoms with Crippen molar-refractivity contribution in [3.05, 3.63) is 93.1 Å². The molecule has 0 unspecified atom stereocenters.